The van der Waals surface area contributed by atoms with Gasteiger partial charge >= 0.3 is 0 Å². The molecule has 0 spiro atoms. The monoisotopic (exact) mass is 349 g/mol. The van der Waals surface area contributed by atoms with Gasteiger partial charge < -0.3 is 10.2 Å². The predicted octanol–water partition coefficient (Wildman–Crippen LogP) is 3.54. The molecule has 1 aliphatic carbocycles. The summed E-state index contributed by atoms with van der Waals surface area (Å²) in [5.41, 5.74) is 1.71. The SMILES string of the molecule is CCNC(=NCC1(c2cccc(Br)c2)CC1)N1CCCC1. The quantitative estimate of drug-likeness (QED) is 0.664. The number of hydrogen-bond donors (Lipinski definition) is 1. The molecule has 3 nitrogen and oxygen atoms in total. The van der Waals surface area contributed by atoms with Gasteiger partial charge in [0.2, 0.25) is 0 Å². The average Bonchev–Trinajstić information content (AvgIpc) is 3.08. The molecule has 0 atom stereocenters. The second-order valence-corrected chi connectivity index (χ2v) is 7.07. The molecule has 1 N–H and O–H groups in total. The van der Waals surface area contributed by atoms with Crippen LogP contribution in [0.2, 0.25) is 0 Å². The van der Waals surface area contributed by atoms with Gasteiger partial charge in [0.1, 0.15) is 0 Å². The van der Waals surface area contributed by atoms with E-state index in [-0.39, 0.29) is 5.41 Å². The fraction of sp³-hybridized carbons (Fsp3) is 0.588. The number of hydrogen-bond acceptors (Lipinski definition) is 1. The number of benzene rings is 1. The minimum atomic E-state index is 0.282. The molecule has 4 heteroatoms. The second-order valence-electron chi connectivity index (χ2n) is 6.15. The van der Waals surface area contributed by atoms with Crippen molar-refractivity contribution in [3.05, 3.63) is 34.3 Å². The van der Waals surface area contributed by atoms with E-state index in [1.165, 1.54) is 35.7 Å². The lowest BCUT2D eigenvalue weighted by Gasteiger charge is -2.22. The van der Waals surface area contributed by atoms with Gasteiger partial charge in [-0.2, -0.15) is 0 Å². The van der Waals surface area contributed by atoms with E-state index >= 15 is 0 Å². The van der Waals surface area contributed by atoms with Gasteiger partial charge in [0.05, 0.1) is 6.54 Å². The number of nitrogens with zero attached hydrogens (tertiary/aromatic N) is 2. The highest BCUT2D eigenvalue weighted by atomic mass is 79.9. The third-order valence-corrected chi connectivity index (χ3v) is 5.06. The number of nitrogens with one attached hydrogen (secondary N) is 1. The summed E-state index contributed by atoms with van der Waals surface area (Å²) in [5, 5.41) is 3.45. The van der Waals surface area contributed by atoms with Crippen LogP contribution in [0, 0.1) is 0 Å². The summed E-state index contributed by atoms with van der Waals surface area (Å²) in [4.78, 5) is 7.36. The van der Waals surface area contributed by atoms with Crippen LogP contribution >= 0.6 is 15.9 Å². The van der Waals surface area contributed by atoms with Crippen LogP contribution in [0.25, 0.3) is 0 Å². The fourth-order valence-corrected chi connectivity index (χ4v) is 3.49. The van der Waals surface area contributed by atoms with Crippen LogP contribution in [0.4, 0.5) is 0 Å². The Morgan fingerprint density at radius 3 is 2.71 bits per heavy atom. The Labute approximate surface area is 136 Å². The zero-order valence-corrected chi connectivity index (χ0v) is 14.3. The Balaban J connectivity index is 1.73. The molecular formula is C17H24BrN3. The summed E-state index contributed by atoms with van der Waals surface area (Å²) < 4.78 is 1.17. The Kier molecular flexibility index (Phi) is 4.53. The molecule has 1 saturated carbocycles. The molecule has 0 bridgehead atoms. The molecule has 1 saturated heterocycles. The van der Waals surface area contributed by atoms with Crippen LogP contribution in [-0.4, -0.2) is 37.0 Å². The second kappa shape index (κ2) is 6.39. The van der Waals surface area contributed by atoms with Crippen molar-refractivity contribution < 1.29 is 0 Å². The van der Waals surface area contributed by atoms with E-state index in [9.17, 15) is 0 Å². The molecular weight excluding hydrogens is 326 g/mol. The first-order valence-corrected chi connectivity index (χ1v) is 8.82. The summed E-state index contributed by atoms with van der Waals surface area (Å²) in [6, 6.07) is 8.73. The first-order chi connectivity index (χ1) is 10.2. The molecule has 0 aromatic heterocycles. The summed E-state index contributed by atoms with van der Waals surface area (Å²) in [7, 11) is 0. The molecule has 1 aromatic rings. The van der Waals surface area contributed by atoms with Crippen molar-refractivity contribution >= 4 is 21.9 Å². The lowest BCUT2D eigenvalue weighted by Crippen LogP contribution is -2.40. The van der Waals surface area contributed by atoms with Crippen molar-refractivity contribution in [2.24, 2.45) is 4.99 Å². The number of rotatable bonds is 4. The molecule has 0 radical (unpaired) electrons. The maximum absolute atomic E-state index is 4.95. The molecule has 1 heterocycles. The van der Waals surface area contributed by atoms with Crippen molar-refractivity contribution in [1.29, 1.82) is 0 Å². The third-order valence-electron chi connectivity index (χ3n) is 4.56. The van der Waals surface area contributed by atoms with Crippen LogP contribution in [0.3, 0.4) is 0 Å². The minimum absolute atomic E-state index is 0.282. The van der Waals surface area contributed by atoms with E-state index in [2.05, 4.69) is 57.3 Å². The van der Waals surface area contributed by atoms with E-state index in [1.807, 2.05) is 0 Å². The van der Waals surface area contributed by atoms with Gasteiger partial charge in [0.15, 0.2) is 5.96 Å². The van der Waals surface area contributed by atoms with E-state index in [4.69, 9.17) is 4.99 Å². The smallest absolute Gasteiger partial charge is 0.193 e. The Bertz CT molecular complexity index is 517. The molecule has 2 aliphatic rings. The van der Waals surface area contributed by atoms with E-state index in [0.29, 0.717) is 0 Å². The van der Waals surface area contributed by atoms with Crippen LogP contribution in [0.1, 0.15) is 38.2 Å². The molecule has 1 aliphatic heterocycles. The van der Waals surface area contributed by atoms with Gasteiger partial charge in [0.25, 0.3) is 0 Å². The number of aliphatic imine (C=N–C) groups is 1. The summed E-state index contributed by atoms with van der Waals surface area (Å²) in [6.07, 6.45) is 5.10. The zero-order chi connectivity index (χ0) is 14.7. The summed E-state index contributed by atoms with van der Waals surface area (Å²) in [6.45, 7) is 6.29. The first kappa shape index (κ1) is 14.9. The van der Waals surface area contributed by atoms with Gasteiger partial charge in [-0.1, -0.05) is 28.1 Å². The lowest BCUT2D eigenvalue weighted by molar-refractivity contribution is 0.491. The summed E-state index contributed by atoms with van der Waals surface area (Å²) in [5.74, 6) is 1.11. The van der Waals surface area contributed by atoms with Crippen molar-refractivity contribution in [3.63, 3.8) is 0 Å². The maximum atomic E-state index is 4.95. The lowest BCUT2D eigenvalue weighted by atomic mass is 9.96. The van der Waals surface area contributed by atoms with Gasteiger partial charge in [-0.3, -0.25) is 4.99 Å². The molecule has 1 aromatic carbocycles. The van der Waals surface area contributed by atoms with Gasteiger partial charge in [-0.05, 0) is 50.3 Å². The molecule has 0 amide bonds. The number of halogens is 1. The predicted molar refractivity (Wildman–Crippen MR) is 91.8 cm³/mol. The maximum Gasteiger partial charge on any atom is 0.193 e. The van der Waals surface area contributed by atoms with Crippen molar-refractivity contribution in [3.8, 4) is 0 Å². The topological polar surface area (TPSA) is 27.6 Å². The van der Waals surface area contributed by atoms with Gasteiger partial charge in [-0.15, -0.1) is 0 Å². The van der Waals surface area contributed by atoms with Crippen LogP contribution in [0.15, 0.2) is 33.7 Å². The van der Waals surface area contributed by atoms with E-state index in [0.717, 1.165) is 32.1 Å². The normalized spacial score (nSPS) is 20.7. The Morgan fingerprint density at radius 2 is 2.10 bits per heavy atom. The number of likely N-dealkylation sites (tertiary alicyclic amines) is 1. The Morgan fingerprint density at radius 1 is 1.33 bits per heavy atom. The van der Waals surface area contributed by atoms with Crippen molar-refractivity contribution in [1.82, 2.24) is 10.2 Å². The standard InChI is InChI=1S/C17H24BrN3/c1-2-19-16(21-10-3-4-11-21)20-13-17(8-9-17)14-6-5-7-15(18)12-14/h5-7,12H,2-4,8-11,13H2,1H3,(H,19,20). The molecule has 21 heavy (non-hydrogen) atoms. The molecule has 2 fully saturated rings. The van der Waals surface area contributed by atoms with Crippen LogP contribution in [0.5, 0.6) is 0 Å². The van der Waals surface area contributed by atoms with E-state index < -0.39 is 0 Å². The highest BCUT2D eigenvalue weighted by Crippen LogP contribution is 2.48. The fourth-order valence-electron chi connectivity index (χ4n) is 3.09. The highest BCUT2D eigenvalue weighted by Gasteiger charge is 2.44. The Hall–Kier alpha value is -1.03. The zero-order valence-electron chi connectivity index (χ0n) is 12.7. The van der Waals surface area contributed by atoms with Gasteiger partial charge in [0, 0.05) is 29.5 Å². The largest absolute Gasteiger partial charge is 0.357 e. The van der Waals surface area contributed by atoms with Crippen molar-refractivity contribution in [2.75, 3.05) is 26.2 Å². The van der Waals surface area contributed by atoms with Crippen LogP contribution in [-0.2, 0) is 5.41 Å². The first-order valence-electron chi connectivity index (χ1n) is 8.03. The molecule has 0 unspecified atom stereocenters. The van der Waals surface area contributed by atoms with Crippen molar-refractivity contribution in [2.45, 2.75) is 38.0 Å². The van der Waals surface area contributed by atoms with Gasteiger partial charge in [-0.25, -0.2) is 0 Å². The third kappa shape index (κ3) is 3.42. The highest BCUT2D eigenvalue weighted by molar-refractivity contribution is 9.10. The van der Waals surface area contributed by atoms with Crippen LogP contribution < -0.4 is 5.32 Å². The van der Waals surface area contributed by atoms with E-state index in [1.54, 1.807) is 0 Å². The average molecular weight is 350 g/mol. The summed E-state index contributed by atoms with van der Waals surface area (Å²) >= 11 is 3.58. The number of guanidine groups is 1. The molecule has 114 valence electrons. The minimum Gasteiger partial charge on any atom is -0.357 e. The molecule has 3 rings (SSSR count).